The second-order valence-electron chi connectivity index (χ2n) is 4.78. The monoisotopic (exact) mass is 379 g/mol. The van der Waals surface area contributed by atoms with Gasteiger partial charge in [0, 0.05) is 0 Å². The largest absolute Gasteiger partial charge is 0.492 e. The molecule has 25 heavy (non-hydrogen) atoms. The predicted molar refractivity (Wildman–Crippen MR) is 97.5 cm³/mol. The molecule has 0 aliphatic carbocycles. The van der Waals surface area contributed by atoms with Crippen LogP contribution in [-0.4, -0.2) is 28.2 Å². The molecular weight excluding hydrogens is 362 g/mol. The Bertz CT molecular complexity index is 872. The van der Waals surface area contributed by atoms with Crippen molar-refractivity contribution in [3.05, 3.63) is 53.6 Å². The highest BCUT2D eigenvalue weighted by atomic mass is 35.5. The van der Waals surface area contributed by atoms with Gasteiger partial charge < -0.3 is 9.47 Å². The maximum Gasteiger partial charge on any atom is 0.245 e. The number of rotatable bonds is 7. The maximum absolute atomic E-state index is 12.3. The molecule has 0 aromatic heterocycles. The zero-order valence-electron chi connectivity index (χ0n) is 13.7. The van der Waals surface area contributed by atoms with E-state index >= 15 is 0 Å². The summed E-state index contributed by atoms with van der Waals surface area (Å²) in [4.78, 5) is 0.0889. The van der Waals surface area contributed by atoms with Crippen molar-refractivity contribution in [3.63, 3.8) is 0 Å². The van der Waals surface area contributed by atoms with Crippen LogP contribution in [0.15, 0.2) is 53.4 Å². The molecule has 2 aromatic rings. The van der Waals surface area contributed by atoms with Crippen molar-refractivity contribution in [1.82, 2.24) is 4.72 Å². The van der Waals surface area contributed by atoms with Crippen molar-refractivity contribution in [2.75, 3.05) is 19.8 Å². The van der Waals surface area contributed by atoms with Gasteiger partial charge in [-0.05, 0) is 31.2 Å². The van der Waals surface area contributed by atoms with Gasteiger partial charge >= 0.3 is 0 Å². The molecule has 0 aliphatic heterocycles. The summed E-state index contributed by atoms with van der Waals surface area (Å²) in [6.07, 6.45) is 0. The van der Waals surface area contributed by atoms with Crippen molar-refractivity contribution >= 4 is 21.6 Å². The zero-order chi connectivity index (χ0) is 18.1. The van der Waals surface area contributed by atoms with Gasteiger partial charge in [0.05, 0.1) is 18.2 Å². The second kappa shape index (κ2) is 9.33. The van der Waals surface area contributed by atoms with E-state index in [1.54, 1.807) is 49.4 Å². The first-order valence-corrected chi connectivity index (χ1v) is 9.45. The van der Waals surface area contributed by atoms with Gasteiger partial charge in [0.15, 0.2) is 0 Å². The van der Waals surface area contributed by atoms with Crippen LogP contribution < -0.4 is 14.2 Å². The molecule has 0 unspecified atom stereocenters. The quantitative estimate of drug-likeness (QED) is 0.751. The molecule has 0 bridgehead atoms. The van der Waals surface area contributed by atoms with E-state index in [1.807, 2.05) is 0 Å². The fourth-order valence-electron chi connectivity index (χ4n) is 1.94. The molecular formula is C18H18ClNO4S. The average molecular weight is 380 g/mol. The van der Waals surface area contributed by atoms with Crippen molar-refractivity contribution in [2.24, 2.45) is 0 Å². The molecule has 1 N–H and O–H groups in total. The van der Waals surface area contributed by atoms with Gasteiger partial charge in [-0.2, -0.15) is 4.72 Å². The Kier molecular flexibility index (Phi) is 7.14. The molecule has 0 saturated carbocycles. The average Bonchev–Trinajstić information content (AvgIpc) is 2.60. The summed E-state index contributed by atoms with van der Waals surface area (Å²) in [7, 11) is -3.70. The minimum absolute atomic E-state index is 0.0331. The topological polar surface area (TPSA) is 64.6 Å². The molecule has 2 aromatic carbocycles. The Labute approximate surface area is 153 Å². The van der Waals surface area contributed by atoms with Crippen LogP contribution in [0.25, 0.3) is 0 Å². The second-order valence-corrected chi connectivity index (χ2v) is 6.92. The maximum atomic E-state index is 12.3. The molecule has 0 saturated heterocycles. The lowest BCUT2D eigenvalue weighted by molar-refractivity contribution is 0.331. The van der Waals surface area contributed by atoms with Gasteiger partial charge in [-0.25, -0.2) is 8.42 Å². The van der Waals surface area contributed by atoms with Crippen molar-refractivity contribution in [1.29, 1.82) is 0 Å². The Morgan fingerprint density at radius 1 is 1.00 bits per heavy atom. The molecule has 0 amide bonds. The molecule has 7 heteroatoms. The number of ether oxygens (including phenoxy) is 2. The summed E-state index contributed by atoms with van der Waals surface area (Å²) in [6, 6.07) is 13.5. The van der Waals surface area contributed by atoms with Gasteiger partial charge in [-0.15, -0.1) is 0 Å². The van der Waals surface area contributed by atoms with Crippen LogP contribution in [0.4, 0.5) is 0 Å². The van der Waals surface area contributed by atoms with Crippen LogP contribution in [-0.2, 0) is 10.0 Å². The number of hydrogen-bond acceptors (Lipinski definition) is 4. The highest BCUT2D eigenvalue weighted by Gasteiger charge is 2.18. The molecule has 0 aliphatic rings. The van der Waals surface area contributed by atoms with Gasteiger partial charge in [-0.1, -0.05) is 47.7 Å². The van der Waals surface area contributed by atoms with E-state index in [2.05, 4.69) is 16.6 Å². The minimum Gasteiger partial charge on any atom is -0.492 e. The summed E-state index contributed by atoms with van der Waals surface area (Å²) >= 11 is 5.96. The SMILES string of the molecule is CCOc1ccccc1S(=O)(=O)NCC#CCOc1ccccc1Cl. The lowest BCUT2D eigenvalue weighted by Crippen LogP contribution is -2.24. The van der Waals surface area contributed by atoms with Gasteiger partial charge in [0.2, 0.25) is 10.0 Å². The number of benzene rings is 2. The lowest BCUT2D eigenvalue weighted by Gasteiger charge is -2.10. The smallest absolute Gasteiger partial charge is 0.245 e. The normalized spacial score (nSPS) is 10.6. The Morgan fingerprint density at radius 3 is 2.40 bits per heavy atom. The summed E-state index contributed by atoms with van der Waals surface area (Å²) < 4.78 is 37.8. The number of para-hydroxylation sites is 2. The third-order valence-electron chi connectivity index (χ3n) is 3.05. The van der Waals surface area contributed by atoms with Crippen LogP contribution in [0.1, 0.15) is 6.92 Å². The van der Waals surface area contributed by atoms with Crippen LogP contribution in [0.5, 0.6) is 11.5 Å². The molecule has 132 valence electrons. The third-order valence-corrected chi connectivity index (χ3v) is 4.80. The molecule has 0 heterocycles. The number of halogens is 1. The van der Waals surface area contributed by atoms with Crippen LogP contribution in [0.3, 0.4) is 0 Å². The van der Waals surface area contributed by atoms with E-state index in [-0.39, 0.29) is 18.0 Å². The lowest BCUT2D eigenvalue weighted by atomic mass is 10.3. The zero-order valence-corrected chi connectivity index (χ0v) is 15.2. The van der Waals surface area contributed by atoms with Gasteiger partial charge in [0.25, 0.3) is 0 Å². The molecule has 0 radical (unpaired) electrons. The van der Waals surface area contributed by atoms with E-state index in [1.165, 1.54) is 6.07 Å². The van der Waals surface area contributed by atoms with Gasteiger partial charge in [-0.3, -0.25) is 0 Å². The Balaban J connectivity index is 1.90. The third kappa shape index (κ3) is 5.68. The van der Waals surface area contributed by atoms with Crippen molar-refractivity contribution in [3.8, 4) is 23.3 Å². The highest BCUT2D eigenvalue weighted by molar-refractivity contribution is 7.89. The standard InChI is InChI=1S/C18H18ClNO4S/c1-2-23-17-11-5-6-12-18(17)25(21,22)20-13-7-8-14-24-16-10-4-3-9-15(16)19/h3-6,9-12,20H,2,13-14H2,1H3. The minimum atomic E-state index is -3.70. The number of hydrogen-bond donors (Lipinski definition) is 1. The van der Waals surface area contributed by atoms with Crippen LogP contribution >= 0.6 is 11.6 Å². The first-order valence-electron chi connectivity index (χ1n) is 7.59. The summed E-state index contributed by atoms with van der Waals surface area (Å²) in [6.45, 7) is 2.25. The summed E-state index contributed by atoms with van der Waals surface area (Å²) in [5, 5.41) is 0.498. The Hall–Kier alpha value is -2.20. The number of sulfonamides is 1. The fourth-order valence-corrected chi connectivity index (χ4v) is 3.20. The molecule has 0 atom stereocenters. The van der Waals surface area contributed by atoms with Gasteiger partial charge in [0.1, 0.15) is 23.0 Å². The van der Waals surface area contributed by atoms with E-state index in [4.69, 9.17) is 21.1 Å². The van der Waals surface area contributed by atoms with E-state index in [0.717, 1.165) is 0 Å². The number of nitrogens with one attached hydrogen (secondary N) is 1. The van der Waals surface area contributed by atoms with E-state index < -0.39 is 10.0 Å². The molecule has 5 nitrogen and oxygen atoms in total. The first kappa shape index (κ1) is 19.1. The van der Waals surface area contributed by atoms with Crippen LogP contribution in [0, 0.1) is 11.8 Å². The molecule has 0 fully saturated rings. The molecule has 0 spiro atoms. The Morgan fingerprint density at radius 2 is 1.68 bits per heavy atom. The van der Waals surface area contributed by atoms with E-state index in [0.29, 0.717) is 23.1 Å². The van der Waals surface area contributed by atoms with E-state index in [9.17, 15) is 8.42 Å². The summed E-state index contributed by atoms with van der Waals surface area (Å²) in [5.41, 5.74) is 0. The predicted octanol–water partition coefficient (Wildman–Crippen LogP) is 3.10. The summed E-state index contributed by atoms with van der Waals surface area (Å²) in [5.74, 6) is 6.28. The van der Waals surface area contributed by atoms with Crippen molar-refractivity contribution in [2.45, 2.75) is 11.8 Å². The molecule has 2 rings (SSSR count). The van der Waals surface area contributed by atoms with Crippen molar-refractivity contribution < 1.29 is 17.9 Å². The first-order chi connectivity index (χ1) is 12.0. The highest BCUT2D eigenvalue weighted by Crippen LogP contribution is 2.23. The van der Waals surface area contributed by atoms with Crippen LogP contribution in [0.2, 0.25) is 5.02 Å². The fraction of sp³-hybridized carbons (Fsp3) is 0.222.